The Kier molecular flexibility index (Phi) is 5.82. The molecule has 1 aliphatic heterocycles. The second-order valence-electron chi connectivity index (χ2n) is 8.40. The number of ether oxygens (including phenoxy) is 1. The van der Waals surface area contributed by atoms with Crippen LogP contribution in [0.4, 0.5) is 0 Å². The van der Waals surface area contributed by atoms with Crippen LogP contribution in [0.25, 0.3) is 0 Å². The highest BCUT2D eigenvalue weighted by molar-refractivity contribution is 5.52. The smallest absolute Gasteiger partial charge is 0.134 e. The molecule has 2 aromatic rings. The summed E-state index contributed by atoms with van der Waals surface area (Å²) in [6, 6.07) is 15.9. The fraction of sp³-hybridized carbons (Fsp3) is 0.480. The molecule has 0 aromatic heterocycles. The van der Waals surface area contributed by atoms with Crippen molar-refractivity contribution in [1.82, 2.24) is 4.90 Å². The van der Waals surface area contributed by atoms with Crippen LogP contribution in [0.5, 0.6) is 5.75 Å². The van der Waals surface area contributed by atoms with E-state index < -0.39 is 0 Å². The molecule has 2 atom stereocenters. The third kappa shape index (κ3) is 4.15. The summed E-state index contributed by atoms with van der Waals surface area (Å²) in [6.07, 6.45) is 5.70. The standard InChI is InChI=1S/C25H31NO2/c1-3-14-28-25-11-10-21(15-23(25)19-8-9-19)22-16-24(26(17-22)12-13-27)20-6-4-18(2)5-7-20/h4-7,10-11,13,15,19,22,24H,3,8-9,12,14,16-17H2,1-2H3. The summed E-state index contributed by atoms with van der Waals surface area (Å²) in [5.41, 5.74) is 5.39. The van der Waals surface area contributed by atoms with Crippen LogP contribution in [-0.2, 0) is 4.79 Å². The van der Waals surface area contributed by atoms with Gasteiger partial charge in [0.05, 0.1) is 13.2 Å². The quantitative estimate of drug-likeness (QED) is 0.578. The lowest BCUT2D eigenvalue weighted by Gasteiger charge is -2.22. The molecule has 0 bridgehead atoms. The zero-order chi connectivity index (χ0) is 19.5. The molecule has 2 unspecified atom stereocenters. The van der Waals surface area contributed by atoms with Crippen LogP contribution in [-0.4, -0.2) is 30.9 Å². The number of benzene rings is 2. The normalized spacial score (nSPS) is 22.4. The summed E-state index contributed by atoms with van der Waals surface area (Å²) in [7, 11) is 0. The fourth-order valence-electron chi connectivity index (χ4n) is 4.46. The molecule has 28 heavy (non-hydrogen) atoms. The van der Waals surface area contributed by atoms with Crippen molar-refractivity contribution in [1.29, 1.82) is 0 Å². The van der Waals surface area contributed by atoms with Crippen LogP contribution >= 0.6 is 0 Å². The molecular formula is C25H31NO2. The van der Waals surface area contributed by atoms with Crippen LogP contribution in [0, 0.1) is 6.92 Å². The molecule has 3 nitrogen and oxygen atoms in total. The molecule has 148 valence electrons. The molecule has 0 N–H and O–H groups in total. The third-order valence-electron chi connectivity index (χ3n) is 6.16. The molecule has 0 radical (unpaired) electrons. The lowest BCUT2D eigenvalue weighted by molar-refractivity contribution is -0.109. The van der Waals surface area contributed by atoms with E-state index in [4.69, 9.17) is 4.74 Å². The van der Waals surface area contributed by atoms with Gasteiger partial charge in [-0.3, -0.25) is 4.90 Å². The highest BCUT2D eigenvalue weighted by Gasteiger charge is 2.35. The molecule has 2 fully saturated rings. The predicted octanol–water partition coefficient (Wildman–Crippen LogP) is 5.39. The van der Waals surface area contributed by atoms with Crippen LogP contribution in [0.15, 0.2) is 42.5 Å². The molecular weight excluding hydrogens is 346 g/mol. The first-order chi connectivity index (χ1) is 13.7. The second kappa shape index (κ2) is 8.48. The van der Waals surface area contributed by atoms with Crippen LogP contribution < -0.4 is 4.74 Å². The Hall–Kier alpha value is -2.13. The predicted molar refractivity (Wildman–Crippen MR) is 113 cm³/mol. The number of nitrogens with zero attached hydrogens (tertiary/aromatic N) is 1. The van der Waals surface area contributed by atoms with E-state index in [-0.39, 0.29) is 0 Å². The third-order valence-corrected chi connectivity index (χ3v) is 6.16. The van der Waals surface area contributed by atoms with Gasteiger partial charge in [-0.05, 0) is 67.2 Å². The number of aryl methyl sites for hydroxylation is 1. The molecule has 2 aromatic carbocycles. The molecule has 1 aliphatic carbocycles. The zero-order valence-electron chi connectivity index (χ0n) is 17.1. The van der Waals surface area contributed by atoms with E-state index >= 15 is 0 Å². The Morgan fingerprint density at radius 2 is 1.82 bits per heavy atom. The number of rotatable bonds is 8. The van der Waals surface area contributed by atoms with E-state index in [0.29, 0.717) is 24.4 Å². The van der Waals surface area contributed by atoms with Crippen LogP contribution in [0.3, 0.4) is 0 Å². The molecule has 2 aliphatic rings. The van der Waals surface area contributed by atoms with Crippen molar-refractivity contribution in [3.63, 3.8) is 0 Å². The summed E-state index contributed by atoms with van der Waals surface area (Å²) in [5.74, 6) is 2.21. The number of likely N-dealkylation sites (tertiary alicyclic amines) is 1. The minimum Gasteiger partial charge on any atom is -0.493 e. The Morgan fingerprint density at radius 1 is 1.07 bits per heavy atom. The van der Waals surface area contributed by atoms with Gasteiger partial charge < -0.3 is 9.53 Å². The second-order valence-corrected chi connectivity index (χ2v) is 8.40. The highest BCUT2D eigenvalue weighted by atomic mass is 16.5. The number of hydrogen-bond donors (Lipinski definition) is 0. The molecule has 1 saturated heterocycles. The van der Waals surface area contributed by atoms with Crippen molar-refractivity contribution in [2.24, 2.45) is 0 Å². The lowest BCUT2D eigenvalue weighted by atomic mass is 9.91. The maximum atomic E-state index is 11.3. The van der Waals surface area contributed by atoms with Crippen molar-refractivity contribution >= 4 is 6.29 Å². The van der Waals surface area contributed by atoms with Crippen LogP contribution in [0.2, 0.25) is 0 Å². The van der Waals surface area contributed by atoms with Crippen molar-refractivity contribution in [3.8, 4) is 5.75 Å². The average Bonchev–Trinajstić information content (AvgIpc) is 3.48. The minimum atomic E-state index is 0.316. The Labute approximate surface area is 168 Å². The van der Waals surface area contributed by atoms with Gasteiger partial charge in [-0.15, -0.1) is 0 Å². The van der Waals surface area contributed by atoms with Crippen molar-refractivity contribution in [2.45, 2.75) is 57.4 Å². The summed E-state index contributed by atoms with van der Waals surface area (Å²) in [6.45, 7) is 6.49. The van der Waals surface area contributed by atoms with Gasteiger partial charge in [0.2, 0.25) is 0 Å². The summed E-state index contributed by atoms with van der Waals surface area (Å²) < 4.78 is 6.01. The summed E-state index contributed by atoms with van der Waals surface area (Å²) >= 11 is 0. The number of carbonyl (C=O) groups excluding carboxylic acids is 1. The number of aldehydes is 1. The summed E-state index contributed by atoms with van der Waals surface area (Å²) in [4.78, 5) is 13.6. The van der Waals surface area contributed by atoms with Gasteiger partial charge >= 0.3 is 0 Å². The van der Waals surface area contributed by atoms with Gasteiger partial charge in [-0.25, -0.2) is 0 Å². The number of hydrogen-bond acceptors (Lipinski definition) is 3. The van der Waals surface area contributed by atoms with Crippen molar-refractivity contribution in [2.75, 3.05) is 19.7 Å². The van der Waals surface area contributed by atoms with Crippen molar-refractivity contribution < 1.29 is 9.53 Å². The van der Waals surface area contributed by atoms with E-state index in [0.717, 1.165) is 38.0 Å². The first-order valence-corrected chi connectivity index (χ1v) is 10.7. The average molecular weight is 378 g/mol. The van der Waals surface area contributed by atoms with E-state index in [9.17, 15) is 4.79 Å². The molecule has 0 spiro atoms. The fourth-order valence-corrected chi connectivity index (χ4v) is 4.46. The first-order valence-electron chi connectivity index (χ1n) is 10.7. The SMILES string of the molecule is CCCOc1ccc(C2CC(c3ccc(C)cc3)N(CC=O)C2)cc1C1CC1. The maximum absolute atomic E-state index is 11.3. The van der Waals surface area contributed by atoms with E-state index in [1.807, 2.05) is 0 Å². The largest absolute Gasteiger partial charge is 0.493 e. The van der Waals surface area contributed by atoms with E-state index in [1.165, 1.54) is 35.1 Å². The van der Waals surface area contributed by atoms with Gasteiger partial charge in [-0.1, -0.05) is 48.9 Å². The molecule has 4 rings (SSSR count). The van der Waals surface area contributed by atoms with Gasteiger partial charge in [0, 0.05) is 12.6 Å². The van der Waals surface area contributed by atoms with Gasteiger partial charge in [0.15, 0.2) is 0 Å². The highest BCUT2D eigenvalue weighted by Crippen LogP contribution is 2.47. The minimum absolute atomic E-state index is 0.316. The molecule has 0 amide bonds. The van der Waals surface area contributed by atoms with E-state index in [1.54, 1.807) is 0 Å². The monoisotopic (exact) mass is 377 g/mol. The Bertz CT molecular complexity index is 810. The first kappa shape index (κ1) is 19.2. The zero-order valence-corrected chi connectivity index (χ0v) is 17.1. The van der Waals surface area contributed by atoms with Crippen LogP contribution in [0.1, 0.15) is 72.7 Å². The maximum Gasteiger partial charge on any atom is 0.134 e. The van der Waals surface area contributed by atoms with Gasteiger partial charge in [0.1, 0.15) is 12.0 Å². The van der Waals surface area contributed by atoms with Gasteiger partial charge in [0.25, 0.3) is 0 Å². The number of carbonyl (C=O) groups is 1. The Morgan fingerprint density at radius 3 is 2.50 bits per heavy atom. The Balaban J connectivity index is 1.57. The van der Waals surface area contributed by atoms with Crippen molar-refractivity contribution in [3.05, 3.63) is 64.7 Å². The molecule has 1 heterocycles. The van der Waals surface area contributed by atoms with E-state index in [2.05, 4.69) is 61.2 Å². The lowest BCUT2D eigenvalue weighted by Crippen LogP contribution is -2.25. The molecule has 3 heteroatoms. The topological polar surface area (TPSA) is 29.5 Å². The van der Waals surface area contributed by atoms with Gasteiger partial charge in [-0.2, -0.15) is 0 Å². The summed E-state index contributed by atoms with van der Waals surface area (Å²) in [5, 5.41) is 0. The molecule has 1 saturated carbocycles.